The van der Waals surface area contributed by atoms with E-state index < -0.39 is 0 Å². The van der Waals surface area contributed by atoms with Crippen molar-refractivity contribution in [2.45, 2.75) is 6.04 Å². The highest BCUT2D eigenvalue weighted by molar-refractivity contribution is 9.10. The molecule has 0 radical (unpaired) electrons. The van der Waals surface area contributed by atoms with E-state index in [1.54, 1.807) is 0 Å². The largest absolute Gasteiger partial charge is 0.452 e. The van der Waals surface area contributed by atoms with Crippen molar-refractivity contribution in [3.63, 3.8) is 0 Å². The van der Waals surface area contributed by atoms with Gasteiger partial charge >= 0.3 is 0 Å². The molecule has 1 N–H and O–H groups in total. The summed E-state index contributed by atoms with van der Waals surface area (Å²) in [5.74, 6) is 0.888. The smallest absolute Gasteiger partial charge is 0.169 e. The van der Waals surface area contributed by atoms with Crippen LogP contribution >= 0.6 is 15.9 Å². The third-order valence-electron chi connectivity index (χ3n) is 3.19. The molecule has 0 saturated heterocycles. The number of nitrogens with one attached hydrogen (secondary N) is 1. The van der Waals surface area contributed by atoms with Gasteiger partial charge < -0.3 is 9.73 Å². The molecule has 19 heavy (non-hydrogen) atoms. The average molecular weight is 317 g/mol. The Bertz CT molecular complexity index is 703. The van der Waals surface area contributed by atoms with Gasteiger partial charge in [-0.05, 0) is 52.1 Å². The molecule has 0 aliphatic carbocycles. The highest BCUT2D eigenvalue weighted by Gasteiger charge is 2.17. The number of hydrogen-bond acceptors (Lipinski definition) is 3. The number of furan rings is 1. The summed E-state index contributed by atoms with van der Waals surface area (Å²) < 4.78 is 6.42. The van der Waals surface area contributed by atoms with Gasteiger partial charge in [-0.1, -0.05) is 18.2 Å². The third kappa shape index (κ3) is 2.29. The molecule has 2 heterocycles. The first-order chi connectivity index (χ1) is 9.29. The Hall–Kier alpha value is -1.65. The van der Waals surface area contributed by atoms with Crippen LogP contribution in [0.2, 0.25) is 0 Å². The molecule has 2 aromatic heterocycles. The van der Waals surface area contributed by atoms with Gasteiger partial charge in [0.2, 0.25) is 0 Å². The van der Waals surface area contributed by atoms with E-state index in [0.717, 1.165) is 15.8 Å². The lowest BCUT2D eigenvalue weighted by Gasteiger charge is -2.16. The lowest BCUT2D eigenvalue weighted by molar-refractivity contribution is 0.448. The highest BCUT2D eigenvalue weighted by atomic mass is 79.9. The number of benzene rings is 1. The van der Waals surface area contributed by atoms with E-state index in [0.29, 0.717) is 0 Å². The molecule has 0 aliphatic heterocycles. The van der Waals surface area contributed by atoms with Crippen LogP contribution in [0.25, 0.3) is 10.8 Å². The van der Waals surface area contributed by atoms with Crippen molar-refractivity contribution in [2.75, 3.05) is 7.05 Å². The molecular weight excluding hydrogens is 304 g/mol. The molecule has 0 saturated carbocycles. The molecular formula is C15H13BrN2O. The number of rotatable bonds is 3. The summed E-state index contributed by atoms with van der Waals surface area (Å²) in [6.45, 7) is 0. The van der Waals surface area contributed by atoms with E-state index in [1.165, 1.54) is 10.9 Å². The SMILES string of the molecule is CNC(c1ccc(Br)o1)c1cccc2cnccc12. The Morgan fingerprint density at radius 2 is 2.11 bits per heavy atom. The van der Waals surface area contributed by atoms with Crippen LogP contribution in [-0.4, -0.2) is 12.0 Å². The van der Waals surface area contributed by atoms with Crippen LogP contribution in [-0.2, 0) is 0 Å². The molecule has 0 amide bonds. The van der Waals surface area contributed by atoms with E-state index in [1.807, 2.05) is 43.7 Å². The molecule has 0 spiro atoms. The van der Waals surface area contributed by atoms with Gasteiger partial charge in [-0.15, -0.1) is 0 Å². The van der Waals surface area contributed by atoms with E-state index in [9.17, 15) is 0 Å². The van der Waals surface area contributed by atoms with Crippen molar-refractivity contribution in [2.24, 2.45) is 0 Å². The van der Waals surface area contributed by atoms with E-state index >= 15 is 0 Å². The minimum Gasteiger partial charge on any atom is -0.452 e. The first-order valence-corrected chi connectivity index (χ1v) is 6.84. The molecule has 96 valence electrons. The van der Waals surface area contributed by atoms with E-state index in [4.69, 9.17) is 4.42 Å². The fourth-order valence-electron chi connectivity index (χ4n) is 2.33. The quantitative estimate of drug-likeness (QED) is 0.796. The standard InChI is InChI=1S/C15H13BrN2O/c1-17-15(13-5-6-14(16)19-13)12-4-2-3-10-9-18-8-7-11(10)12/h2-9,15,17H,1H3. The van der Waals surface area contributed by atoms with Gasteiger partial charge in [0, 0.05) is 17.8 Å². The third-order valence-corrected chi connectivity index (χ3v) is 3.62. The van der Waals surface area contributed by atoms with Crippen molar-refractivity contribution in [3.8, 4) is 0 Å². The molecule has 1 atom stereocenters. The summed E-state index contributed by atoms with van der Waals surface area (Å²) in [7, 11) is 1.93. The van der Waals surface area contributed by atoms with Gasteiger partial charge in [0.1, 0.15) is 5.76 Å². The number of aromatic nitrogens is 1. The minimum absolute atomic E-state index is 0.0254. The van der Waals surface area contributed by atoms with Crippen molar-refractivity contribution in [1.29, 1.82) is 0 Å². The van der Waals surface area contributed by atoms with Crippen LogP contribution in [0.3, 0.4) is 0 Å². The fourth-order valence-corrected chi connectivity index (χ4v) is 2.65. The van der Waals surface area contributed by atoms with Crippen LogP contribution in [0.4, 0.5) is 0 Å². The summed E-state index contributed by atoms with van der Waals surface area (Å²) in [5.41, 5.74) is 1.18. The number of hydrogen-bond donors (Lipinski definition) is 1. The average Bonchev–Trinajstić information content (AvgIpc) is 2.86. The zero-order valence-corrected chi connectivity index (χ0v) is 12.0. The van der Waals surface area contributed by atoms with Gasteiger partial charge in [-0.25, -0.2) is 0 Å². The topological polar surface area (TPSA) is 38.1 Å². The maximum absolute atomic E-state index is 5.68. The number of pyridine rings is 1. The second kappa shape index (κ2) is 5.15. The molecule has 1 unspecified atom stereocenters. The predicted molar refractivity (Wildman–Crippen MR) is 79.1 cm³/mol. The van der Waals surface area contributed by atoms with Crippen LogP contribution in [0.15, 0.2) is 57.9 Å². The Morgan fingerprint density at radius 1 is 1.21 bits per heavy atom. The summed E-state index contributed by atoms with van der Waals surface area (Å²) >= 11 is 3.35. The van der Waals surface area contributed by atoms with Crippen LogP contribution in [0, 0.1) is 0 Å². The highest BCUT2D eigenvalue weighted by Crippen LogP contribution is 2.30. The summed E-state index contributed by atoms with van der Waals surface area (Å²) in [4.78, 5) is 4.16. The normalized spacial score (nSPS) is 12.7. The van der Waals surface area contributed by atoms with E-state index in [2.05, 4.69) is 38.4 Å². The molecule has 0 bridgehead atoms. The van der Waals surface area contributed by atoms with Crippen molar-refractivity contribution in [3.05, 3.63) is 64.8 Å². The lowest BCUT2D eigenvalue weighted by atomic mass is 9.98. The molecule has 0 aliphatic rings. The molecule has 3 rings (SSSR count). The molecule has 1 aromatic carbocycles. The van der Waals surface area contributed by atoms with Gasteiger partial charge in [0.05, 0.1) is 6.04 Å². The minimum atomic E-state index is 0.0254. The predicted octanol–water partition coefficient (Wildman–Crippen LogP) is 3.90. The summed E-state index contributed by atoms with van der Waals surface area (Å²) in [5, 5.41) is 5.62. The Kier molecular flexibility index (Phi) is 3.36. The second-order valence-corrected chi connectivity index (χ2v) is 5.09. The monoisotopic (exact) mass is 316 g/mol. The van der Waals surface area contributed by atoms with Gasteiger partial charge in [0.25, 0.3) is 0 Å². The van der Waals surface area contributed by atoms with Gasteiger partial charge in [0.15, 0.2) is 4.67 Å². The van der Waals surface area contributed by atoms with Crippen molar-refractivity contribution in [1.82, 2.24) is 10.3 Å². The first kappa shape index (κ1) is 12.4. The molecule has 3 nitrogen and oxygen atoms in total. The Labute approximate surface area is 119 Å². The molecule has 3 aromatic rings. The van der Waals surface area contributed by atoms with Crippen molar-refractivity contribution < 1.29 is 4.42 Å². The number of fused-ring (bicyclic) bond motifs is 1. The zero-order valence-electron chi connectivity index (χ0n) is 10.4. The Balaban J connectivity index is 2.16. The molecule has 0 fully saturated rings. The zero-order chi connectivity index (χ0) is 13.2. The second-order valence-electron chi connectivity index (χ2n) is 4.31. The number of nitrogens with zero attached hydrogens (tertiary/aromatic N) is 1. The van der Waals surface area contributed by atoms with E-state index in [-0.39, 0.29) is 6.04 Å². The number of halogens is 1. The maximum Gasteiger partial charge on any atom is 0.169 e. The summed E-state index contributed by atoms with van der Waals surface area (Å²) in [6.07, 6.45) is 3.69. The van der Waals surface area contributed by atoms with Gasteiger partial charge in [-0.3, -0.25) is 4.98 Å². The lowest BCUT2D eigenvalue weighted by Crippen LogP contribution is -2.17. The molecule has 4 heteroatoms. The fraction of sp³-hybridized carbons (Fsp3) is 0.133. The van der Waals surface area contributed by atoms with Gasteiger partial charge in [-0.2, -0.15) is 0 Å². The maximum atomic E-state index is 5.68. The van der Waals surface area contributed by atoms with Crippen LogP contribution in [0.1, 0.15) is 17.4 Å². The van der Waals surface area contributed by atoms with Crippen LogP contribution < -0.4 is 5.32 Å². The summed E-state index contributed by atoms with van der Waals surface area (Å²) in [6, 6.07) is 12.2. The van der Waals surface area contributed by atoms with Crippen LogP contribution in [0.5, 0.6) is 0 Å². The van der Waals surface area contributed by atoms with Crippen molar-refractivity contribution >= 4 is 26.7 Å². The Morgan fingerprint density at radius 3 is 2.84 bits per heavy atom. The first-order valence-electron chi connectivity index (χ1n) is 6.05.